The molecule has 0 aliphatic heterocycles. The van der Waals surface area contributed by atoms with Gasteiger partial charge in [-0.05, 0) is 31.2 Å². The Morgan fingerprint density at radius 3 is 2.64 bits per heavy atom. The summed E-state index contributed by atoms with van der Waals surface area (Å²) in [5.74, 6) is -0.174. The van der Waals surface area contributed by atoms with Crippen LogP contribution in [-0.4, -0.2) is 20.7 Å². The monoisotopic (exact) mass is 408 g/mol. The molecule has 2 aromatic heterocycles. The van der Waals surface area contributed by atoms with Crippen LogP contribution in [0, 0.1) is 6.92 Å². The lowest BCUT2D eigenvalue weighted by Crippen LogP contribution is -2.23. The van der Waals surface area contributed by atoms with Crippen LogP contribution in [0.3, 0.4) is 0 Å². The van der Waals surface area contributed by atoms with Crippen molar-refractivity contribution in [2.75, 3.05) is 0 Å². The smallest absolute Gasteiger partial charge is 0.255 e. The van der Waals surface area contributed by atoms with Gasteiger partial charge in [-0.3, -0.25) is 4.79 Å². The number of aromatic nitrogens is 3. The summed E-state index contributed by atoms with van der Waals surface area (Å²) in [5, 5.41) is 10.8. The molecule has 0 atom stereocenters. The Kier molecular flexibility index (Phi) is 5.23. The van der Waals surface area contributed by atoms with Crippen LogP contribution in [0.2, 0.25) is 5.02 Å². The average Bonchev–Trinajstić information content (AvgIpc) is 3.34. The molecule has 0 fully saturated rings. The predicted octanol–water partition coefficient (Wildman–Crippen LogP) is 4.89. The molecule has 4 aromatic rings. The largest absolute Gasteiger partial charge is 0.346 e. The van der Waals surface area contributed by atoms with E-state index in [9.17, 15) is 4.79 Å². The Morgan fingerprint density at radius 1 is 1.14 bits per heavy atom. The van der Waals surface area contributed by atoms with Crippen molar-refractivity contribution in [2.45, 2.75) is 13.5 Å². The van der Waals surface area contributed by atoms with Gasteiger partial charge in [-0.25, -0.2) is 9.67 Å². The Balaban J connectivity index is 1.45. The molecule has 7 heteroatoms. The molecule has 0 aliphatic rings. The maximum absolute atomic E-state index is 12.6. The van der Waals surface area contributed by atoms with Gasteiger partial charge in [-0.2, -0.15) is 5.10 Å². The summed E-state index contributed by atoms with van der Waals surface area (Å²) in [6.45, 7) is 2.24. The van der Waals surface area contributed by atoms with E-state index in [0.29, 0.717) is 17.1 Å². The summed E-state index contributed by atoms with van der Waals surface area (Å²) in [6.07, 6.45) is 1.58. The lowest BCUT2D eigenvalue weighted by atomic mass is 10.2. The van der Waals surface area contributed by atoms with Gasteiger partial charge in [0.15, 0.2) is 0 Å². The van der Waals surface area contributed by atoms with E-state index in [4.69, 9.17) is 11.6 Å². The van der Waals surface area contributed by atoms with Crippen molar-refractivity contribution in [3.63, 3.8) is 0 Å². The zero-order valence-electron chi connectivity index (χ0n) is 15.1. The van der Waals surface area contributed by atoms with Crippen molar-refractivity contribution in [2.24, 2.45) is 0 Å². The van der Waals surface area contributed by atoms with Gasteiger partial charge in [0.2, 0.25) is 0 Å². The molecule has 0 unspecified atom stereocenters. The molecule has 0 saturated carbocycles. The number of rotatable bonds is 5. The van der Waals surface area contributed by atoms with Crippen LogP contribution < -0.4 is 5.32 Å². The quantitative estimate of drug-likeness (QED) is 0.511. The molecule has 0 spiro atoms. The molecule has 0 saturated heterocycles. The SMILES string of the molecule is Cc1c(C(=O)NCc2csc(-c3ccccc3)n2)cnn1-c1ccc(Cl)cc1. The van der Waals surface area contributed by atoms with Gasteiger partial charge in [0.25, 0.3) is 5.91 Å². The van der Waals surface area contributed by atoms with Gasteiger partial charge in [-0.15, -0.1) is 11.3 Å². The van der Waals surface area contributed by atoms with Crippen LogP contribution in [0.25, 0.3) is 16.3 Å². The standard InChI is InChI=1S/C21H17ClN4OS/c1-14-19(12-24-26(14)18-9-7-16(22)8-10-18)20(27)23-11-17-13-28-21(25-17)15-5-3-2-4-6-15/h2-10,12-13H,11H2,1H3,(H,23,27). The van der Waals surface area contributed by atoms with Crippen molar-refractivity contribution in [1.29, 1.82) is 0 Å². The Hall–Kier alpha value is -2.96. The molecule has 28 heavy (non-hydrogen) atoms. The molecule has 1 amide bonds. The highest BCUT2D eigenvalue weighted by atomic mass is 35.5. The van der Waals surface area contributed by atoms with Crippen LogP contribution >= 0.6 is 22.9 Å². The summed E-state index contributed by atoms with van der Waals surface area (Å²) in [6, 6.07) is 17.3. The first-order valence-corrected chi connectivity index (χ1v) is 9.96. The molecule has 0 radical (unpaired) electrons. The number of benzene rings is 2. The highest BCUT2D eigenvalue weighted by Crippen LogP contribution is 2.23. The number of nitrogens with one attached hydrogen (secondary N) is 1. The number of halogens is 1. The molecule has 0 aliphatic carbocycles. The Labute approximate surface area is 171 Å². The second-order valence-electron chi connectivity index (χ2n) is 6.22. The second-order valence-corrected chi connectivity index (χ2v) is 7.52. The topological polar surface area (TPSA) is 59.8 Å². The fourth-order valence-corrected chi connectivity index (χ4v) is 3.79. The zero-order chi connectivity index (χ0) is 19.5. The van der Waals surface area contributed by atoms with E-state index in [2.05, 4.69) is 15.4 Å². The Morgan fingerprint density at radius 2 is 1.89 bits per heavy atom. The van der Waals surface area contributed by atoms with Crippen LogP contribution in [0.5, 0.6) is 0 Å². The first-order valence-electron chi connectivity index (χ1n) is 8.70. The van der Waals surface area contributed by atoms with Gasteiger partial charge in [0, 0.05) is 16.0 Å². The van der Waals surface area contributed by atoms with Crippen molar-refractivity contribution in [3.05, 3.63) is 88.1 Å². The maximum atomic E-state index is 12.6. The van der Waals surface area contributed by atoms with Gasteiger partial charge in [0.1, 0.15) is 5.01 Å². The number of amides is 1. The number of thiazole rings is 1. The van der Waals surface area contributed by atoms with E-state index in [1.807, 2.05) is 54.8 Å². The molecular formula is C21H17ClN4OS. The number of nitrogens with zero attached hydrogens (tertiary/aromatic N) is 3. The van der Waals surface area contributed by atoms with Crippen LogP contribution in [-0.2, 0) is 6.54 Å². The van der Waals surface area contributed by atoms with Gasteiger partial charge in [0.05, 0.1) is 35.4 Å². The fourth-order valence-electron chi connectivity index (χ4n) is 2.84. The Bertz CT molecular complexity index is 1100. The van der Waals surface area contributed by atoms with E-state index in [1.165, 1.54) is 0 Å². The first kappa shape index (κ1) is 18.4. The predicted molar refractivity (Wildman–Crippen MR) is 112 cm³/mol. The number of carbonyl (C=O) groups is 1. The van der Waals surface area contributed by atoms with E-state index >= 15 is 0 Å². The van der Waals surface area contributed by atoms with E-state index in [0.717, 1.165) is 27.6 Å². The molecule has 0 bridgehead atoms. The third-order valence-corrected chi connectivity index (χ3v) is 5.52. The summed E-state index contributed by atoms with van der Waals surface area (Å²) in [4.78, 5) is 17.2. The average molecular weight is 409 g/mol. The highest BCUT2D eigenvalue weighted by Gasteiger charge is 2.15. The fraction of sp³-hybridized carbons (Fsp3) is 0.0952. The number of hydrogen-bond donors (Lipinski definition) is 1. The normalized spacial score (nSPS) is 10.8. The van der Waals surface area contributed by atoms with E-state index in [-0.39, 0.29) is 5.91 Å². The number of carbonyl (C=O) groups excluding carboxylic acids is 1. The third kappa shape index (κ3) is 3.83. The summed E-state index contributed by atoms with van der Waals surface area (Å²) < 4.78 is 1.72. The minimum atomic E-state index is -0.174. The van der Waals surface area contributed by atoms with Gasteiger partial charge in [-0.1, -0.05) is 41.9 Å². The van der Waals surface area contributed by atoms with Crippen molar-refractivity contribution >= 4 is 28.8 Å². The lowest BCUT2D eigenvalue weighted by Gasteiger charge is -2.06. The molecule has 1 N–H and O–H groups in total. The molecule has 2 aromatic carbocycles. The molecule has 140 valence electrons. The maximum Gasteiger partial charge on any atom is 0.255 e. The first-order chi connectivity index (χ1) is 13.6. The molecule has 4 rings (SSSR count). The van der Waals surface area contributed by atoms with Gasteiger partial charge < -0.3 is 5.32 Å². The van der Waals surface area contributed by atoms with Crippen molar-refractivity contribution < 1.29 is 4.79 Å². The summed E-state index contributed by atoms with van der Waals surface area (Å²) in [5.41, 5.74) is 4.06. The van der Waals surface area contributed by atoms with E-state index < -0.39 is 0 Å². The molecule has 2 heterocycles. The summed E-state index contributed by atoms with van der Waals surface area (Å²) >= 11 is 7.50. The van der Waals surface area contributed by atoms with E-state index in [1.54, 1.807) is 34.3 Å². The van der Waals surface area contributed by atoms with Gasteiger partial charge >= 0.3 is 0 Å². The minimum absolute atomic E-state index is 0.174. The van der Waals surface area contributed by atoms with Crippen LogP contribution in [0.4, 0.5) is 0 Å². The van der Waals surface area contributed by atoms with Crippen LogP contribution in [0.15, 0.2) is 66.2 Å². The molecule has 5 nitrogen and oxygen atoms in total. The minimum Gasteiger partial charge on any atom is -0.346 e. The molecular weight excluding hydrogens is 392 g/mol. The van der Waals surface area contributed by atoms with Crippen LogP contribution in [0.1, 0.15) is 21.7 Å². The van der Waals surface area contributed by atoms with Crippen molar-refractivity contribution in [3.8, 4) is 16.3 Å². The summed E-state index contributed by atoms with van der Waals surface area (Å²) in [7, 11) is 0. The van der Waals surface area contributed by atoms with Crippen molar-refractivity contribution in [1.82, 2.24) is 20.1 Å². The zero-order valence-corrected chi connectivity index (χ0v) is 16.7. The highest BCUT2D eigenvalue weighted by molar-refractivity contribution is 7.13. The number of hydrogen-bond acceptors (Lipinski definition) is 4. The lowest BCUT2D eigenvalue weighted by molar-refractivity contribution is 0.0950. The third-order valence-electron chi connectivity index (χ3n) is 4.33. The second kappa shape index (κ2) is 7.96.